The number of aromatic nitrogens is 2. The summed E-state index contributed by atoms with van der Waals surface area (Å²) in [5.41, 5.74) is 4.80. The van der Waals surface area contributed by atoms with E-state index in [1.54, 1.807) is 4.90 Å². The van der Waals surface area contributed by atoms with Crippen molar-refractivity contribution in [2.45, 2.75) is 31.1 Å². The number of nitrogens with zero attached hydrogens (tertiary/aromatic N) is 3. The van der Waals surface area contributed by atoms with Crippen molar-refractivity contribution in [3.8, 4) is 0 Å². The molecule has 2 N–H and O–H groups in total. The Morgan fingerprint density at radius 3 is 2.57 bits per heavy atom. The topological polar surface area (TPSA) is 73.4 Å². The molecule has 10 heteroatoms. The van der Waals surface area contributed by atoms with Crippen molar-refractivity contribution < 1.29 is 22.7 Å². The Balaban J connectivity index is 0.00000264. The lowest BCUT2D eigenvalue weighted by atomic mass is 10.0. The maximum Gasteiger partial charge on any atom is 0.435 e. The number of alkyl halides is 3. The summed E-state index contributed by atoms with van der Waals surface area (Å²) in [6.45, 7) is 1.04. The molecule has 6 nitrogen and oxygen atoms in total. The first kappa shape index (κ1) is 19.7. The average Bonchev–Trinajstić information content (AvgIpc) is 2.97. The first-order chi connectivity index (χ1) is 10.3. The number of ether oxygens (including phenoxy) is 1. The first-order valence-corrected chi connectivity index (χ1v) is 6.98. The molecule has 0 spiro atoms. The Bertz CT molecular complexity index is 516. The van der Waals surface area contributed by atoms with Crippen LogP contribution in [0.2, 0.25) is 0 Å². The number of rotatable bonds is 4. The second kappa shape index (κ2) is 7.98. The van der Waals surface area contributed by atoms with Gasteiger partial charge in [-0.2, -0.15) is 18.3 Å². The number of methoxy groups -OCH3 is 1. The van der Waals surface area contributed by atoms with E-state index in [2.05, 4.69) is 5.10 Å². The number of hydrogen-bond donors (Lipinski definition) is 1. The molecule has 1 aromatic heterocycles. The largest absolute Gasteiger partial charge is 0.435 e. The van der Waals surface area contributed by atoms with Gasteiger partial charge in [0.2, 0.25) is 5.91 Å². The Morgan fingerprint density at radius 2 is 2.09 bits per heavy atom. The summed E-state index contributed by atoms with van der Waals surface area (Å²) in [5.74, 6) is -0.197. The number of carbonyl (C=O) groups excluding carboxylic acids is 1. The van der Waals surface area contributed by atoms with Crippen molar-refractivity contribution in [3.63, 3.8) is 0 Å². The Hall–Kier alpha value is -1.32. The first-order valence-electron chi connectivity index (χ1n) is 6.98. The molecule has 23 heavy (non-hydrogen) atoms. The maximum absolute atomic E-state index is 12.5. The molecule has 1 aliphatic heterocycles. The second-order valence-corrected chi connectivity index (χ2v) is 5.30. The zero-order valence-electron chi connectivity index (χ0n) is 12.6. The quantitative estimate of drug-likeness (QED) is 0.886. The minimum Gasteiger partial charge on any atom is -0.383 e. The normalized spacial score (nSPS) is 17.7. The van der Waals surface area contributed by atoms with Crippen LogP contribution in [0.3, 0.4) is 0 Å². The third kappa shape index (κ3) is 4.82. The number of likely N-dealkylation sites (tertiary alicyclic amines) is 1. The van der Waals surface area contributed by atoms with E-state index in [4.69, 9.17) is 10.5 Å². The molecule has 1 saturated heterocycles. The summed E-state index contributed by atoms with van der Waals surface area (Å²) < 4.78 is 43.8. The van der Waals surface area contributed by atoms with Crippen LogP contribution in [0.4, 0.5) is 13.2 Å². The van der Waals surface area contributed by atoms with Crippen LogP contribution < -0.4 is 5.73 Å². The monoisotopic (exact) mass is 356 g/mol. The SMILES string of the molecule is COCC(N)C(=O)N1CCC(n2ccc(C(F)(F)F)n2)CC1.Cl. The van der Waals surface area contributed by atoms with Crippen molar-refractivity contribution in [2.24, 2.45) is 5.73 Å². The van der Waals surface area contributed by atoms with Gasteiger partial charge in [-0.15, -0.1) is 12.4 Å². The molecule has 1 fully saturated rings. The highest BCUT2D eigenvalue weighted by Crippen LogP contribution is 2.29. The molecule has 0 aliphatic carbocycles. The molecular formula is C13H20ClF3N4O2. The van der Waals surface area contributed by atoms with Gasteiger partial charge in [0.25, 0.3) is 0 Å². The van der Waals surface area contributed by atoms with Gasteiger partial charge in [0.05, 0.1) is 12.6 Å². The van der Waals surface area contributed by atoms with Crippen molar-refractivity contribution in [3.05, 3.63) is 18.0 Å². The van der Waals surface area contributed by atoms with E-state index in [9.17, 15) is 18.0 Å². The molecular weight excluding hydrogens is 337 g/mol. The van der Waals surface area contributed by atoms with Crippen LogP contribution in [0.25, 0.3) is 0 Å². The van der Waals surface area contributed by atoms with Crippen LogP contribution >= 0.6 is 12.4 Å². The fourth-order valence-corrected chi connectivity index (χ4v) is 2.53. The minimum atomic E-state index is -4.44. The van der Waals surface area contributed by atoms with E-state index < -0.39 is 17.9 Å². The van der Waals surface area contributed by atoms with Crippen LogP contribution in [0.5, 0.6) is 0 Å². The number of amides is 1. The highest BCUT2D eigenvalue weighted by atomic mass is 35.5. The molecule has 1 aromatic rings. The molecule has 2 heterocycles. The summed E-state index contributed by atoms with van der Waals surface area (Å²) in [6, 6.07) is 0.119. The lowest BCUT2D eigenvalue weighted by molar-refractivity contribution is -0.141. The molecule has 0 saturated carbocycles. The van der Waals surface area contributed by atoms with E-state index in [0.717, 1.165) is 6.07 Å². The summed E-state index contributed by atoms with van der Waals surface area (Å²) in [4.78, 5) is 13.6. The predicted octanol–water partition coefficient (Wildman–Crippen LogP) is 1.46. The average molecular weight is 357 g/mol. The standard InChI is InChI=1S/C13H19F3N4O2.ClH/c1-22-8-10(17)12(21)19-5-2-9(3-6-19)20-7-4-11(18-20)13(14,15)16;/h4,7,9-10H,2-3,5-6,8,17H2,1H3;1H. The molecule has 1 aliphatic rings. The Labute approximate surface area is 138 Å². The number of hydrogen-bond acceptors (Lipinski definition) is 4. The van der Waals surface area contributed by atoms with Gasteiger partial charge in [-0.05, 0) is 18.9 Å². The maximum atomic E-state index is 12.5. The summed E-state index contributed by atoms with van der Waals surface area (Å²) in [5, 5.41) is 3.58. The molecule has 0 aromatic carbocycles. The number of halogens is 4. The van der Waals surface area contributed by atoms with Gasteiger partial charge in [-0.25, -0.2) is 0 Å². The molecule has 1 amide bonds. The number of nitrogens with two attached hydrogens (primary N) is 1. The van der Waals surface area contributed by atoms with Gasteiger partial charge in [0.1, 0.15) is 6.04 Å². The van der Waals surface area contributed by atoms with Gasteiger partial charge >= 0.3 is 6.18 Å². The summed E-state index contributed by atoms with van der Waals surface area (Å²) in [6.07, 6.45) is -2.01. The van der Waals surface area contributed by atoms with Crippen molar-refractivity contribution in [1.29, 1.82) is 0 Å². The van der Waals surface area contributed by atoms with Gasteiger partial charge in [0.15, 0.2) is 5.69 Å². The molecule has 1 atom stereocenters. The van der Waals surface area contributed by atoms with E-state index in [1.165, 1.54) is 18.0 Å². The highest BCUT2D eigenvalue weighted by Gasteiger charge is 2.34. The lowest BCUT2D eigenvalue weighted by Crippen LogP contribution is -2.49. The van der Waals surface area contributed by atoms with Crippen LogP contribution in [0.1, 0.15) is 24.6 Å². The second-order valence-electron chi connectivity index (χ2n) is 5.30. The Kier molecular flexibility index (Phi) is 6.84. The lowest BCUT2D eigenvalue weighted by Gasteiger charge is -2.33. The van der Waals surface area contributed by atoms with Gasteiger partial charge in [0, 0.05) is 26.4 Å². The van der Waals surface area contributed by atoms with Crippen LogP contribution in [-0.4, -0.2) is 53.4 Å². The van der Waals surface area contributed by atoms with E-state index in [-0.39, 0.29) is 31.0 Å². The van der Waals surface area contributed by atoms with Crippen molar-refractivity contribution >= 4 is 18.3 Å². The van der Waals surface area contributed by atoms with Crippen LogP contribution in [0, 0.1) is 0 Å². The van der Waals surface area contributed by atoms with E-state index >= 15 is 0 Å². The van der Waals surface area contributed by atoms with E-state index in [0.29, 0.717) is 25.9 Å². The Morgan fingerprint density at radius 1 is 1.48 bits per heavy atom. The highest BCUT2D eigenvalue weighted by molar-refractivity contribution is 5.85. The van der Waals surface area contributed by atoms with E-state index in [1.807, 2.05) is 0 Å². The fraction of sp³-hybridized carbons (Fsp3) is 0.692. The zero-order valence-corrected chi connectivity index (χ0v) is 13.4. The molecule has 1 unspecified atom stereocenters. The molecule has 132 valence electrons. The molecule has 0 bridgehead atoms. The van der Waals surface area contributed by atoms with Crippen molar-refractivity contribution in [2.75, 3.05) is 26.8 Å². The summed E-state index contributed by atoms with van der Waals surface area (Å²) >= 11 is 0. The minimum absolute atomic E-state index is 0. The van der Waals surface area contributed by atoms with Crippen LogP contribution in [0.15, 0.2) is 12.3 Å². The van der Waals surface area contributed by atoms with Crippen molar-refractivity contribution in [1.82, 2.24) is 14.7 Å². The zero-order chi connectivity index (χ0) is 16.3. The predicted molar refractivity (Wildman–Crippen MR) is 79.2 cm³/mol. The molecule has 2 rings (SSSR count). The fourth-order valence-electron chi connectivity index (χ4n) is 2.53. The van der Waals surface area contributed by atoms with Gasteiger partial charge in [-0.3, -0.25) is 9.48 Å². The number of piperidine rings is 1. The summed E-state index contributed by atoms with van der Waals surface area (Å²) in [7, 11) is 1.47. The van der Waals surface area contributed by atoms with Gasteiger partial charge < -0.3 is 15.4 Å². The molecule has 0 radical (unpaired) electrons. The third-order valence-electron chi connectivity index (χ3n) is 3.71. The van der Waals surface area contributed by atoms with Crippen LogP contribution in [-0.2, 0) is 15.7 Å². The van der Waals surface area contributed by atoms with Gasteiger partial charge in [-0.1, -0.05) is 0 Å². The smallest absolute Gasteiger partial charge is 0.383 e. The number of carbonyl (C=O) groups is 1. The third-order valence-corrected chi connectivity index (χ3v) is 3.71.